The number of amides is 1. The maximum absolute atomic E-state index is 11.9. The van der Waals surface area contributed by atoms with Crippen molar-refractivity contribution in [2.45, 2.75) is 19.3 Å². The first-order valence-corrected chi connectivity index (χ1v) is 8.84. The number of nitrogens with zero attached hydrogens (tertiary/aromatic N) is 5. The number of aromatic nitrogens is 3. The smallest absolute Gasteiger partial charge is 0.236 e. The number of hydrogen-bond donors (Lipinski definition) is 1. The van der Waals surface area contributed by atoms with Crippen LogP contribution < -0.4 is 5.32 Å². The van der Waals surface area contributed by atoms with Crippen LogP contribution in [0.2, 0.25) is 0 Å². The molecule has 2 aromatic heterocycles. The van der Waals surface area contributed by atoms with Gasteiger partial charge in [-0.25, -0.2) is 15.0 Å². The summed E-state index contributed by atoms with van der Waals surface area (Å²) in [5.74, 6) is 1.99. The molecule has 0 aliphatic carbocycles. The lowest BCUT2D eigenvalue weighted by Crippen LogP contribution is -2.35. The fourth-order valence-electron chi connectivity index (χ4n) is 2.81. The van der Waals surface area contributed by atoms with Gasteiger partial charge in [0, 0.05) is 44.2 Å². The van der Waals surface area contributed by atoms with Gasteiger partial charge in [-0.15, -0.1) is 11.3 Å². The van der Waals surface area contributed by atoms with Gasteiger partial charge in [0.2, 0.25) is 5.91 Å². The van der Waals surface area contributed by atoms with Crippen molar-refractivity contribution in [1.82, 2.24) is 24.8 Å². The summed E-state index contributed by atoms with van der Waals surface area (Å²) in [6.45, 7) is 4.14. The molecule has 1 fully saturated rings. The van der Waals surface area contributed by atoms with E-state index in [1.165, 1.54) is 11.3 Å². The van der Waals surface area contributed by atoms with Gasteiger partial charge in [0.05, 0.1) is 12.2 Å². The summed E-state index contributed by atoms with van der Waals surface area (Å²) < 4.78 is 0. The Morgan fingerprint density at radius 2 is 2.29 bits per heavy atom. The van der Waals surface area contributed by atoms with E-state index in [1.807, 2.05) is 18.4 Å². The Morgan fingerprint density at radius 3 is 3.00 bits per heavy atom. The van der Waals surface area contributed by atoms with Crippen molar-refractivity contribution in [1.29, 1.82) is 0 Å². The van der Waals surface area contributed by atoms with Crippen molar-refractivity contribution in [2.24, 2.45) is 0 Å². The van der Waals surface area contributed by atoms with Gasteiger partial charge in [0.25, 0.3) is 0 Å². The summed E-state index contributed by atoms with van der Waals surface area (Å²) in [6, 6.07) is 2.00. The third kappa shape index (κ3) is 4.07. The van der Waals surface area contributed by atoms with E-state index in [-0.39, 0.29) is 5.91 Å². The Bertz CT molecular complexity index is 703. The van der Waals surface area contributed by atoms with Gasteiger partial charge >= 0.3 is 0 Å². The van der Waals surface area contributed by atoms with Gasteiger partial charge in [-0.3, -0.25) is 9.69 Å². The minimum Gasteiger partial charge on any atom is -0.348 e. The second-order valence-corrected chi connectivity index (χ2v) is 7.09. The number of rotatable bonds is 5. The fraction of sp³-hybridized carbons (Fsp3) is 0.500. The van der Waals surface area contributed by atoms with E-state index in [0.717, 1.165) is 42.0 Å². The molecule has 128 valence electrons. The standard InChI is InChI=1S/C16H22N6OS/c1-11-18-13(8-14(19-11)20-16-17-5-7-24-16)12-4-6-22(9-12)10-15(23)21(2)3/h5,7-8,12H,4,6,9-10H2,1-3H3,(H,17,18,19,20)/t12-/m0/s1. The number of aryl methyl sites for hydroxylation is 1. The van der Waals surface area contributed by atoms with Crippen LogP contribution in [0.3, 0.4) is 0 Å². The number of carbonyl (C=O) groups excluding carboxylic acids is 1. The molecule has 3 rings (SSSR count). The van der Waals surface area contributed by atoms with Crippen LogP contribution in [0.25, 0.3) is 0 Å². The summed E-state index contributed by atoms with van der Waals surface area (Å²) in [5.41, 5.74) is 1.03. The van der Waals surface area contributed by atoms with E-state index in [0.29, 0.717) is 12.5 Å². The number of thiazole rings is 1. The monoisotopic (exact) mass is 346 g/mol. The number of likely N-dealkylation sites (N-methyl/N-ethyl adjacent to an activating group) is 1. The third-order valence-corrected chi connectivity index (χ3v) is 4.76. The molecule has 3 heterocycles. The van der Waals surface area contributed by atoms with Crippen LogP contribution in [0.5, 0.6) is 0 Å². The van der Waals surface area contributed by atoms with Crippen LogP contribution >= 0.6 is 11.3 Å². The minimum atomic E-state index is 0.139. The first-order valence-electron chi connectivity index (χ1n) is 7.96. The van der Waals surface area contributed by atoms with Crippen molar-refractivity contribution in [3.63, 3.8) is 0 Å². The Hall–Kier alpha value is -2.06. The number of carbonyl (C=O) groups is 1. The number of hydrogen-bond acceptors (Lipinski definition) is 7. The van der Waals surface area contributed by atoms with Crippen molar-refractivity contribution in [3.05, 3.63) is 29.2 Å². The van der Waals surface area contributed by atoms with Crippen LogP contribution in [0.15, 0.2) is 17.6 Å². The zero-order chi connectivity index (χ0) is 17.1. The van der Waals surface area contributed by atoms with E-state index >= 15 is 0 Å². The molecular weight excluding hydrogens is 324 g/mol. The molecule has 7 nitrogen and oxygen atoms in total. The van der Waals surface area contributed by atoms with Crippen LogP contribution in [0.4, 0.5) is 10.9 Å². The summed E-state index contributed by atoms with van der Waals surface area (Å²) in [6.07, 6.45) is 2.77. The normalized spacial score (nSPS) is 17.9. The molecule has 0 aromatic carbocycles. The maximum atomic E-state index is 11.9. The minimum absolute atomic E-state index is 0.139. The van der Waals surface area contributed by atoms with Crippen LogP contribution in [-0.2, 0) is 4.79 Å². The Labute approximate surface area is 145 Å². The van der Waals surface area contributed by atoms with Crippen LogP contribution in [-0.4, -0.2) is 64.4 Å². The van der Waals surface area contributed by atoms with E-state index in [1.54, 1.807) is 25.2 Å². The molecule has 24 heavy (non-hydrogen) atoms. The molecule has 1 atom stereocenters. The summed E-state index contributed by atoms with van der Waals surface area (Å²) in [5, 5.41) is 5.98. The molecule has 0 unspecified atom stereocenters. The number of nitrogens with one attached hydrogen (secondary N) is 1. The van der Waals surface area contributed by atoms with E-state index < -0.39 is 0 Å². The largest absolute Gasteiger partial charge is 0.348 e. The second kappa shape index (κ2) is 7.23. The molecule has 1 N–H and O–H groups in total. The molecule has 0 spiro atoms. The first kappa shape index (κ1) is 16.8. The van der Waals surface area contributed by atoms with Crippen molar-refractivity contribution in [3.8, 4) is 0 Å². The van der Waals surface area contributed by atoms with Gasteiger partial charge in [0.15, 0.2) is 5.13 Å². The SMILES string of the molecule is Cc1nc(Nc2nccs2)cc([C@H]2CCN(CC(=O)N(C)C)C2)n1. The molecule has 1 saturated heterocycles. The average molecular weight is 346 g/mol. The maximum Gasteiger partial charge on any atom is 0.236 e. The molecule has 0 radical (unpaired) electrons. The Morgan fingerprint density at radius 1 is 1.46 bits per heavy atom. The van der Waals surface area contributed by atoms with Gasteiger partial charge in [-0.05, 0) is 19.9 Å². The first-order chi connectivity index (χ1) is 11.5. The Kier molecular flexibility index (Phi) is 5.06. The highest BCUT2D eigenvalue weighted by Gasteiger charge is 2.27. The van der Waals surface area contributed by atoms with Gasteiger partial charge in [-0.2, -0.15) is 0 Å². The zero-order valence-corrected chi connectivity index (χ0v) is 15.0. The highest BCUT2D eigenvalue weighted by molar-refractivity contribution is 7.13. The molecular formula is C16H22N6OS. The summed E-state index contributed by atoms with van der Waals surface area (Å²) in [4.78, 5) is 29.0. The molecule has 0 bridgehead atoms. The highest BCUT2D eigenvalue weighted by Crippen LogP contribution is 2.28. The van der Waals surface area contributed by atoms with Crippen molar-refractivity contribution < 1.29 is 4.79 Å². The van der Waals surface area contributed by atoms with Gasteiger partial charge in [-0.1, -0.05) is 0 Å². The highest BCUT2D eigenvalue weighted by atomic mass is 32.1. The summed E-state index contributed by atoms with van der Waals surface area (Å²) in [7, 11) is 3.58. The fourth-order valence-corrected chi connectivity index (χ4v) is 3.34. The molecule has 1 aliphatic heterocycles. The van der Waals surface area contributed by atoms with Crippen LogP contribution in [0, 0.1) is 6.92 Å². The zero-order valence-electron chi connectivity index (χ0n) is 14.2. The lowest BCUT2D eigenvalue weighted by molar-refractivity contribution is -0.129. The van der Waals surface area contributed by atoms with Crippen molar-refractivity contribution >= 4 is 28.2 Å². The third-order valence-electron chi connectivity index (χ3n) is 4.07. The molecule has 2 aromatic rings. The number of likely N-dealkylation sites (tertiary alicyclic amines) is 1. The van der Waals surface area contributed by atoms with Gasteiger partial charge in [0.1, 0.15) is 11.6 Å². The van der Waals surface area contributed by atoms with E-state index in [2.05, 4.69) is 25.2 Å². The van der Waals surface area contributed by atoms with Gasteiger partial charge < -0.3 is 10.2 Å². The van der Waals surface area contributed by atoms with Crippen LogP contribution in [0.1, 0.15) is 23.9 Å². The summed E-state index contributed by atoms with van der Waals surface area (Å²) >= 11 is 1.54. The average Bonchev–Trinajstić information content (AvgIpc) is 3.18. The topological polar surface area (TPSA) is 74.2 Å². The lowest BCUT2D eigenvalue weighted by Gasteiger charge is -2.18. The van der Waals surface area contributed by atoms with E-state index in [9.17, 15) is 4.79 Å². The molecule has 1 amide bonds. The molecule has 1 aliphatic rings. The molecule has 0 saturated carbocycles. The predicted octanol–water partition coefficient (Wildman–Crippen LogP) is 1.86. The predicted molar refractivity (Wildman–Crippen MR) is 94.7 cm³/mol. The second-order valence-electron chi connectivity index (χ2n) is 6.20. The lowest BCUT2D eigenvalue weighted by atomic mass is 10.0. The Balaban J connectivity index is 1.68. The van der Waals surface area contributed by atoms with Crippen molar-refractivity contribution in [2.75, 3.05) is 39.0 Å². The number of anilines is 2. The van der Waals surface area contributed by atoms with E-state index in [4.69, 9.17) is 0 Å². The quantitative estimate of drug-likeness (QED) is 0.891. The molecule has 8 heteroatoms.